The molecule has 2 N–H and O–H groups in total. The Morgan fingerprint density at radius 2 is 1.03 bits per heavy atom. The van der Waals surface area contributed by atoms with Crippen LogP contribution in [0, 0.1) is 0 Å². The van der Waals surface area contributed by atoms with Crippen molar-refractivity contribution in [1.29, 1.82) is 0 Å². The van der Waals surface area contributed by atoms with Gasteiger partial charge in [0.25, 0.3) is 0 Å². The maximum absolute atomic E-state index is 11.1. The molecule has 4 nitrogen and oxygen atoms in total. The molecule has 0 aromatic heterocycles. The summed E-state index contributed by atoms with van der Waals surface area (Å²) in [7, 11) is -3.18. The maximum atomic E-state index is 11.1. The minimum atomic E-state index is -5.30. The van der Waals surface area contributed by atoms with E-state index in [1.165, 1.54) is 6.42 Å². The van der Waals surface area contributed by atoms with Crippen LogP contribution in [0.15, 0.2) is 91.0 Å². The van der Waals surface area contributed by atoms with Crippen molar-refractivity contribution in [3.8, 4) is 0 Å². The van der Waals surface area contributed by atoms with Crippen molar-refractivity contribution in [2.24, 2.45) is 0 Å². The number of rotatable bonds is 7. The molecule has 0 aliphatic heterocycles. The van der Waals surface area contributed by atoms with Gasteiger partial charge in [0.15, 0.2) is 0 Å². The molecule has 0 spiro atoms. The predicted octanol–water partition coefficient (Wildman–Crippen LogP) is 2.82. The molecular formula is C24H28O4SiZr. The Balaban J connectivity index is 1.82. The van der Waals surface area contributed by atoms with E-state index in [9.17, 15) is 6.37 Å². The van der Waals surface area contributed by atoms with Crippen LogP contribution in [-0.2, 0) is 27.3 Å². The molecule has 0 saturated heterocycles. The van der Waals surface area contributed by atoms with Gasteiger partial charge in [0.05, 0.1) is 0 Å². The second-order valence-electron chi connectivity index (χ2n) is 7.81. The number of hydrogen-bond donors (Lipinski definition) is 2. The SMILES string of the molecule is [OH][Zr]([OH])([O]C1CCCCC1)[O][Si](c1ccccc1)(c1ccccc1)c1ccccc1. The van der Waals surface area contributed by atoms with Crippen LogP contribution in [0.5, 0.6) is 0 Å². The molecular weight excluding hydrogens is 472 g/mol. The van der Waals surface area contributed by atoms with Crippen molar-refractivity contribution in [1.82, 2.24) is 0 Å². The molecule has 156 valence electrons. The quantitative estimate of drug-likeness (QED) is 0.388. The molecule has 0 radical (unpaired) electrons. The Hall–Kier alpha value is -1.40. The fraction of sp³-hybridized carbons (Fsp3) is 0.250. The molecule has 0 unspecified atom stereocenters. The molecule has 3 aromatic rings. The normalized spacial score (nSPS) is 15.8. The van der Waals surface area contributed by atoms with E-state index >= 15 is 0 Å². The summed E-state index contributed by atoms with van der Waals surface area (Å²) < 4.78 is 34.7. The minimum absolute atomic E-state index is 0.126. The topological polar surface area (TPSA) is 58.9 Å². The number of hydrogen-bond acceptors (Lipinski definition) is 4. The van der Waals surface area contributed by atoms with Gasteiger partial charge >= 0.3 is 187 Å². The molecule has 1 aliphatic carbocycles. The zero-order valence-electron chi connectivity index (χ0n) is 17.0. The summed E-state index contributed by atoms with van der Waals surface area (Å²) >= 11 is -5.30. The zero-order chi connectivity index (χ0) is 20.9. The third-order valence-corrected chi connectivity index (χ3v) is 15.5. The van der Waals surface area contributed by atoms with Crippen LogP contribution in [0.2, 0.25) is 0 Å². The zero-order valence-corrected chi connectivity index (χ0v) is 20.4. The standard InChI is InChI=1S/C18H15OSi.C6H11O.2H2O.Zr/c19-20(16-10-4-1-5-11-16,17-12-6-2-7-13-17)18-14-8-3-9-15-18;7-6-4-2-1-3-5-6;;;/h1-15H;6H,1-5H2;2*1H2;/q2*-1;;;+4/p-2. The molecule has 0 amide bonds. The molecule has 1 fully saturated rings. The second-order valence-corrected chi connectivity index (χ2v) is 15.9. The Morgan fingerprint density at radius 1 is 0.633 bits per heavy atom. The van der Waals surface area contributed by atoms with Crippen LogP contribution in [0.1, 0.15) is 32.1 Å². The summed E-state index contributed by atoms with van der Waals surface area (Å²) in [6.45, 7) is 0. The Morgan fingerprint density at radius 3 is 1.43 bits per heavy atom. The Bertz CT molecular complexity index is 819. The second kappa shape index (κ2) is 9.82. The van der Waals surface area contributed by atoms with Crippen molar-refractivity contribution < 1.29 is 33.7 Å². The van der Waals surface area contributed by atoms with Gasteiger partial charge < -0.3 is 0 Å². The third-order valence-electron chi connectivity index (χ3n) is 5.70. The Kier molecular flexibility index (Phi) is 7.14. The van der Waals surface area contributed by atoms with Gasteiger partial charge in [-0.3, -0.25) is 0 Å². The van der Waals surface area contributed by atoms with Crippen LogP contribution >= 0.6 is 0 Å². The molecule has 1 aliphatic rings. The molecule has 30 heavy (non-hydrogen) atoms. The van der Waals surface area contributed by atoms with Crippen molar-refractivity contribution >= 4 is 23.9 Å². The van der Waals surface area contributed by atoms with Crippen molar-refractivity contribution in [3.63, 3.8) is 0 Å². The molecule has 3 aromatic carbocycles. The van der Waals surface area contributed by atoms with Gasteiger partial charge in [-0.15, -0.1) is 0 Å². The van der Waals surface area contributed by atoms with E-state index in [4.69, 9.17) is 5.32 Å². The van der Waals surface area contributed by atoms with Crippen LogP contribution in [0.3, 0.4) is 0 Å². The summed E-state index contributed by atoms with van der Waals surface area (Å²) in [4.78, 5) is 0. The summed E-state index contributed by atoms with van der Waals surface area (Å²) in [5.41, 5.74) is 0. The first kappa shape index (κ1) is 21.8. The predicted molar refractivity (Wildman–Crippen MR) is 117 cm³/mol. The summed E-state index contributed by atoms with van der Waals surface area (Å²) in [5, 5.41) is 2.91. The monoisotopic (exact) mass is 498 g/mol. The number of benzene rings is 3. The average Bonchev–Trinajstić information content (AvgIpc) is 2.80. The average molecular weight is 500 g/mol. The van der Waals surface area contributed by atoms with Gasteiger partial charge in [0.2, 0.25) is 0 Å². The van der Waals surface area contributed by atoms with Gasteiger partial charge in [-0.25, -0.2) is 0 Å². The van der Waals surface area contributed by atoms with E-state index in [1.54, 1.807) is 0 Å². The van der Waals surface area contributed by atoms with Crippen molar-refractivity contribution in [2.75, 3.05) is 0 Å². The molecule has 4 rings (SSSR count). The van der Waals surface area contributed by atoms with E-state index in [0.717, 1.165) is 41.2 Å². The summed E-state index contributed by atoms with van der Waals surface area (Å²) in [5.74, 6) is 0. The first-order valence-corrected chi connectivity index (χ1v) is 16.7. The molecule has 1 saturated carbocycles. The first-order chi connectivity index (χ1) is 14.6. The van der Waals surface area contributed by atoms with E-state index in [2.05, 4.69) is 0 Å². The van der Waals surface area contributed by atoms with Crippen LogP contribution in [0.4, 0.5) is 0 Å². The fourth-order valence-electron chi connectivity index (χ4n) is 4.32. The molecule has 0 bridgehead atoms. The van der Waals surface area contributed by atoms with E-state index in [-0.39, 0.29) is 6.10 Å². The van der Waals surface area contributed by atoms with E-state index in [1.807, 2.05) is 91.0 Å². The van der Waals surface area contributed by atoms with Crippen LogP contribution < -0.4 is 15.6 Å². The van der Waals surface area contributed by atoms with Gasteiger partial charge in [-0.05, 0) is 0 Å². The Labute approximate surface area is 186 Å². The van der Waals surface area contributed by atoms with Crippen molar-refractivity contribution in [3.05, 3.63) is 91.0 Å². The van der Waals surface area contributed by atoms with Crippen LogP contribution in [0.25, 0.3) is 0 Å². The van der Waals surface area contributed by atoms with Gasteiger partial charge in [0, 0.05) is 0 Å². The fourth-order valence-corrected chi connectivity index (χ4v) is 15.7. The molecule has 0 heterocycles. The van der Waals surface area contributed by atoms with Crippen LogP contribution in [-0.4, -0.2) is 20.8 Å². The van der Waals surface area contributed by atoms with Gasteiger partial charge in [-0.1, -0.05) is 0 Å². The van der Waals surface area contributed by atoms with Gasteiger partial charge in [0.1, 0.15) is 0 Å². The van der Waals surface area contributed by atoms with Crippen molar-refractivity contribution in [2.45, 2.75) is 38.2 Å². The van der Waals surface area contributed by atoms with Gasteiger partial charge in [-0.2, -0.15) is 0 Å². The first-order valence-electron chi connectivity index (χ1n) is 10.6. The summed E-state index contributed by atoms with van der Waals surface area (Å²) in [6.07, 6.45) is 4.89. The third kappa shape index (κ3) is 4.91. The molecule has 6 heteroatoms. The summed E-state index contributed by atoms with van der Waals surface area (Å²) in [6, 6.07) is 29.9. The van der Waals surface area contributed by atoms with E-state index in [0.29, 0.717) is 0 Å². The molecule has 0 atom stereocenters. The van der Waals surface area contributed by atoms with E-state index < -0.39 is 30.3 Å².